The molecule has 1 aliphatic rings. The summed E-state index contributed by atoms with van der Waals surface area (Å²) >= 11 is 11.8. The summed E-state index contributed by atoms with van der Waals surface area (Å²) in [7, 11) is 0. The molecule has 1 fully saturated rings. The molecule has 116 valence electrons. The van der Waals surface area contributed by atoms with Crippen LogP contribution in [0.5, 0.6) is 5.75 Å². The Bertz CT molecular complexity index is 491. The number of nitrogens with one attached hydrogen (secondary N) is 2. The van der Waals surface area contributed by atoms with Gasteiger partial charge in [0.15, 0.2) is 6.10 Å². The van der Waals surface area contributed by atoms with E-state index in [0.29, 0.717) is 28.3 Å². The first-order valence-corrected chi connectivity index (χ1v) is 7.92. The molecule has 1 saturated heterocycles. The Morgan fingerprint density at radius 1 is 1.48 bits per heavy atom. The molecule has 0 spiro atoms. The fraction of sp³-hybridized carbons (Fsp3) is 0.533. The summed E-state index contributed by atoms with van der Waals surface area (Å²) in [5.74, 6) is 1.08. The van der Waals surface area contributed by atoms with Crippen molar-refractivity contribution in [2.45, 2.75) is 25.9 Å². The van der Waals surface area contributed by atoms with Gasteiger partial charge < -0.3 is 15.4 Å². The topological polar surface area (TPSA) is 50.4 Å². The van der Waals surface area contributed by atoms with Gasteiger partial charge in [-0.1, -0.05) is 23.2 Å². The fourth-order valence-electron chi connectivity index (χ4n) is 2.31. The van der Waals surface area contributed by atoms with Crippen molar-refractivity contribution in [3.63, 3.8) is 0 Å². The van der Waals surface area contributed by atoms with Crippen molar-refractivity contribution in [2.75, 3.05) is 19.6 Å². The molecule has 0 radical (unpaired) electrons. The summed E-state index contributed by atoms with van der Waals surface area (Å²) in [6, 6.07) is 4.96. The van der Waals surface area contributed by atoms with Gasteiger partial charge in [-0.25, -0.2) is 0 Å². The minimum absolute atomic E-state index is 0.118. The number of rotatable bonds is 6. The molecule has 1 aromatic rings. The molecule has 0 aliphatic carbocycles. The summed E-state index contributed by atoms with van der Waals surface area (Å²) in [5.41, 5.74) is 0. The molecular formula is C15H20Cl2N2O2. The highest BCUT2D eigenvalue weighted by Gasteiger charge is 2.17. The van der Waals surface area contributed by atoms with Gasteiger partial charge in [0.1, 0.15) is 5.75 Å². The summed E-state index contributed by atoms with van der Waals surface area (Å²) in [6.45, 7) is 4.52. The second-order valence-electron chi connectivity index (χ2n) is 5.27. The number of halogens is 2. The first-order valence-electron chi connectivity index (χ1n) is 7.16. The second kappa shape index (κ2) is 7.87. The molecule has 1 aliphatic heterocycles. The van der Waals surface area contributed by atoms with Crippen LogP contribution in [0.2, 0.25) is 10.0 Å². The Balaban J connectivity index is 1.74. The van der Waals surface area contributed by atoms with Crippen LogP contribution in [-0.4, -0.2) is 31.6 Å². The van der Waals surface area contributed by atoms with Crippen LogP contribution in [0.4, 0.5) is 0 Å². The molecule has 2 rings (SSSR count). The van der Waals surface area contributed by atoms with E-state index in [0.717, 1.165) is 19.5 Å². The zero-order valence-electron chi connectivity index (χ0n) is 12.0. The molecule has 2 atom stereocenters. The third-order valence-electron chi connectivity index (χ3n) is 3.59. The highest BCUT2D eigenvalue weighted by molar-refractivity contribution is 6.42. The Morgan fingerprint density at radius 3 is 2.95 bits per heavy atom. The molecular weight excluding hydrogens is 311 g/mol. The molecule has 6 heteroatoms. The lowest BCUT2D eigenvalue weighted by Gasteiger charge is -2.16. The summed E-state index contributed by atoms with van der Waals surface area (Å²) in [5, 5.41) is 7.10. The minimum Gasteiger partial charge on any atom is -0.481 e. The van der Waals surface area contributed by atoms with Crippen LogP contribution < -0.4 is 15.4 Å². The van der Waals surface area contributed by atoms with E-state index in [1.54, 1.807) is 25.1 Å². The van der Waals surface area contributed by atoms with E-state index in [9.17, 15) is 4.79 Å². The van der Waals surface area contributed by atoms with Gasteiger partial charge in [-0.15, -0.1) is 0 Å². The van der Waals surface area contributed by atoms with Crippen LogP contribution >= 0.6 is 23.2 Å². The number of hydrogen-bond donors (Lipinski definition) is 2. The summed E-state index contributed by atoms with van der Waals surface area (Å²) < 4.78 is 5.57. The smallest absolute Gasteiger partial charge is 0.260 e. The van der Waals surface area contributed by atoms with Crippen molar-refractivity contribution >= 4 is 29.1 Å². The highest BCUT2D eigenvalue weighted by atomic mass is 35.5. The number of hydrogen-bond acceptors (Lipinski definition) is 3. The average Bonchev–Trinajstić information content (AvgIpc) is 2.96. The molecule has 1 heterocycles. The van der Waals surface area contributed by atoms with Crippen LogP contribution in [-0.2, 0) is 4.79 Å². The Morgan fingerprint density at radius 2 is 2.29 bits per heavy atom. The zero-order valence-corrected chi connectivity index (χ0v) is 13.5. The van der Waals surface area contributed by atoms with E-state index >= 15 is 0 Å². The largest absolute Gasteiger partial charge is 0.481 e. The fourth-order valence-corrected chi connectivity index (χ4v) is 2.60. The molecule has 21 heavy (non-hydrogen) atoms. The number of carbonyl (C=O) groups is 1. The van der Waals surface area contributed by atoms with Gasteiger partial charge in [-0.3, -0.25) is 4.79 Å². The molecule has 2 N–H and O–H groups in total. The monoisotopic (exact) mass is 330 g/mol. The van der Waals surface area contributed by atoms with Crippen molar-refractivity contribution in [1.82, 2.24) is 10.6 Å². The molecule has 1 amide bonds. The van der Waals surface area contributed by atoms with Gasteiger partial charge in [-0.05, 0) is 50.9 Å². The first-order chi connectivity index (χ1) is 10.1. The maximum atomic E-state index is 12.0. The molecule has 0 bridgehead atoms. The van der Waals surface area contributed by atoms with Crippen molar-refractivity contribution in [1.29, 1.82) is 0 Å². The molecule has 2 unspecified atom stereocenters. The van der Waals surface area contributed by atoms with E-state index in [2.05, 4.69) is 10.6 Å². The number of benzene rings is 1. The Labute approximate surface area is 135 Å². The lowest BCUT2D eigenvalue weighted by molar-refractivity contribution is -0.127. The maximum Gasteiger partial charge on any atom is 0.260 e. The Hall–Kier alpha value is -0.970. The predicted octanol–water partition coefficient (Wildman–Crippen LogP) is 2.88. The Kier molecular flexibility index (Phi) is 6.15. The second-order valence-corrected chi connectivity index (χ2v) is 6.09. The van der Waals surface area contributed by atoms with Crippen LogP contribution in [0, 0.1) is 5.92 Å². The van der Waals surface area contributed by atoms with Crippen LogP contribution in [0.15, 0.2) is 18.2 Å². The molecule has 0 saturated carbocycles. The van der Waals surface area contributed by atoms with Crippen molar-refractivity contribution < 1.29 is 9.53 Å². The minimum atomic E-state index is -0.566. The lowest BCUT2D eigenvalue weighted by Crippen LogP contribution is -2.37. The van der Waals surface area contributed by atoms with Gasteiger partial charge in [0.25, 0.3) is 5.91 Å². The maximum absolute atomic E-state index is 12.0. The van der Waals surface area contributed by atoms with Crippen molar-refractivity contribution in [2.24, 2.45) is 5.92 Å². The molecule has 1 aromatic carbocycles. The highest BCUT2D eigenvalue weighted by Crippen LogP contribution is 2.26. The van der Waals surface area contributed by atoms with E-state index in [-0.39, 0.29) is 5.91 Å². The van der Waals surface area contributed by atoms with Crippen molar-refractivity contribution in [3.05, 3.63) is 28.2 Å². The third kappa shape index (κ3) is 5.06. The third-order valence-corrected chi connectivity index (χ3v) is 4.33. The van der Waals surface area contributed by atoms with Crippen LogP contribution in [0.3, 0.4) is 0 Å². The van der Waals surface area contributed by atoms with E-state index in [4.69, 9.17) is 27.9 Å². The summed E-state index contributed by atoms with van der Waals surface area (Å²) in [6.07, 6.45) is 1.62. The number of ether oxygens (including phenoxy) is 1. The van der Waals surface area contributed by atoms with E-state index in [1.807, 2.05) is 0 Å². The van der Waals surface area contributed by atoms with E-state index < -0.39 is 6.10 Å². The quantitative estimate of drug-likeness (QED) is 0.843. The van der Waals surface area contributed by atoms with E-state index in [1.165, 1.54) is 6.42 Å². The molecule has 0 aromatic heterocycles. The van der Waals surface area contributed by atoms with Crippen LogP contribution in [0.25, 0.3) is 0 Å². The molecule has 4 nitrogen and oxygen atoms in total. The van der Waals surface area contributed by atoms with Gasteiger partial charge in [-0.2, -0.15) is 0 Å². The lowest BCUT2D eigenvalue weighted by atomic mass is 10.1. The van der Waals surface area contributed by atoms with Gasteiger partial charge in [0, 0.05) is 12.6 Å². The number of amides is 1. The predicted molar refractivity (Wildman–Crippen MR) is 85.2 cm³/mol. The SMILES string of the molecule is CC(Oc1ccc(Cl)c(Cl)c1)C(=O)NCCC1CCNC1. The zero-order chi connectivity index (χ0) is 15.2. The average molecular weight is 331 g/mol. The van der Waals surface area contributed by atoms with Gasteiger partial charge >= 0.3 is 0 Å². The summed E-state index contributed by atoms with van der Waals surface area (Å²) in [4.78, 5) is 12.0. The van der Waals surface area contributed by atoms with Crippen molar-refractivity contribution in [3.8, 4) is 5.75 Å². The van der Waals surface area contributed by atoms with Crippen LogP contribution in [0.1, 0.15) is 19.8 Å². The number of carbonyl (C=O) groups excluding carboxylic acids is 1. The standard InChI is InChI=1S/C15H20Cl2N2O2/c1-10(21-12-2-3-13(16)14(17)8-12)15(20)19-7-5-11-4-6-18-9-11/h2-3,8,10-11,18H,4-7,9H2,1H3,(H,19,20). The van der Waals surface area contributed by atoms with Gasteiger partial charge in [0.05, 0.1) is 10.0 Å². The first kappa shape index (κ1) is 16.4. The van der Waals surface area contributed by atoms with Gasteiger partial charge in [0.2, 0.25) is 0 Å². The normalized spacial score (nSPS) is 19.3.